The third-order valence-electron chi connectivity index (χ3n) is 9.86. The van der Waals surface area contributed by atoms with Crippen molar-refractivity contribution in [3.63, 3.8) is 0 Å². The summed E-state index contributed by atoms with van der Waals surface area (Å²) >= 11 is 0. The van der Waals surface area contributed by atoms with Gasteiger partial charge in [0, 0.05) is 12.8 Å². The quantitative estimate of drug-likeness (QED) is 0.0235. The van der Waals surface area contributed by atoms with Crippen LogP contribution in [-0.2, 0) is 32.7 Å². The van der Waals surface area contributed by atoms with Gasteiger partial charge in [0.2, 0.25) is 0 Å². The second-order valence-corrected chi connectivity index (χ2v) is 16.9. The van der Waals surface area contributed by atoms with Crippen LogP contribution in [0.4, 0.5) is 0 Å². The van der Waals surface area contributed by atoms with Crippen molar-refractivity contribution in [1.29, 1.82) is 0 Å². The second kappa shape index (κ2) is 41.6. The van der Waals surface area contributed by atoms with Crippen LogP contribution in [0.2, 0.25) is 0 Å². The van der Waals surface area contributed by atoms with Gasteiger partial charge in [-0.1, -0.05) is 186 Å². The summed E-state index contributed by atoms with van der Waals surface area (Å²) in [6, 6.07) is 0. The van der Waals surface area contributed by atoms with Gasteiger partial charge in [-0.05, 0) is 38.5 Å². The lowest BCUT2D eigenvalue weighted by molar-refractivity contribution is -0.161. The fourth-order valence-electron chi connectivity index (χ4n) is 6.30. The van der Waals surface area contributed by atoms with E-state index in [1.807, 2.05) is 0 Å². The average Bonchev–Trinajstić information content (AvgIpc) is 3.19. The number of aliphatic hydroxyl groups excluding tert-OH is 2. The zero-order valence-electron chi connectivity index (χ0n) is 35.9. The molecule has 10 nitrogen and oxygen atoms in total. The van der Waals surface area contributed by atoms with E-state index < -0.39 is 51.8 Å². The summed E-state index contributed by atoms with van der Waals surface area (Å²) in [6.07, 6.45) is 41.4. The predicted octanol–water partition coefficient (Wildman–Crippen LogP) is 12.2. The Morgan fingerprint density at radius 1 is 0.536 bits per heavy atom. The van der Waals surface area contributed by atoms with Crippen LogP contribution in [0.1, 0.15) is 213 Å². The van der Waals surface area contributed by atoms with Gasteiger partial charge in [0.15, 0.2) is 6.10 Å². The van der Waals surface area contributed by atoms with Gasteiger partial charge in [-0.3, -0.25) is 18.6 Å². The number of unbranched alkanes of at least 4 members (excludes halogenated alkanes) is 25. The molecule has 0 saturated carbocycles. The van der Waals surface area contributed by atoms with Crippen molar-refractivity contribution < 1.29 is 47.8 Å². The maximum Gasteiger partial charge on any atom is 0.472 e. The minimum absolute atomic E-state index is 0.171. The summed E-state index contributed by atoms with van der Waals surface area (Å²) in [7, 11) is -4.62. The third-order valence-corrected chi connectivity index (χ3v) is 10.8. The molecule has 0 fully saturated rings. The highest BCUT2D eigenvalue weighted by atomic mass is 31.2. The van der Waals surface area contributed by atoms with Gasteiger partial charge in [-0.15, -0.1) is 0 Å². The van der Waals surface area contributed by atoms with E-state index in [-0.39, 0.29) is 19.4 Å². The molecule has 0 aliphatic heterocycles. The largest absolute Gasteiger partial charge is 0.472 e. The minimum Gasteiger partial charge on any atom is -0.462 e. The Bertz CT molecular complexity index is 988. The zero-order chi connectivity index (χ0) is 41.2. The molecule has 3 atom stereocenters. The first-order valence-corrected chi connectivity index (χ1v) is 24.3. The van der Waals surface area contributed by atoms with Gasteiger partial charge >= 0.3 is 19.8 Å². The number of phosphoric acid groups is 1. The van der Waals surface area contributed by atoms with Crippen molar-refractivity contribution >= 4 is 19.8 Å². The summed E-state index contributed by atoms with van der Waals surface area (Å²) in [6.45, 7) is 2.35. The first kappa shape index (κ1) is 54.5. The lowest BCUT2D eigenvalue weighted by atomic mass is 10.0. The molecular formula is C45H85O10P. The molecule has 0 aliphatic rings. The van der Waals surface area contributed by atoms with E-state index in [0.717, 1.165) is 64.2 Å². The van der Waals surface area contributed by atoms with E-state index in [9.17, 15) is 24.2 Å². The molecule has 0 rings (SSSR count). The van der Waals surface area contributed by atoms with Crippen LogP contribution in [0.3, 0.4) is 0 Å². The van der Waals surface area contributed by atoms with Crippen LogP contribution in [0.15, 0.2) is 24.3 Å². The van der Waals surface area contributed by atoms with Gasteiger partial charge in [0.05, 0.1) is 19.8 Å². The van der Waals surface area contributed by atoms with Crippen molar-refractivity contribution in [2.75, 3.05) is 26.4 Å². The number of phosphoric ester groups is 1. The van der Waals surface area contributed by atoms with Gasteiger partial charge in [-0.25, -0.2) is 4.57 Å². The van der Waals surface area contributed by atoms with E-state index in [4.69, 9.17) is 23.6 Å². The van der Waals surface area contributed by atoms with E-state index in [2.05, 4.69) is 38.2 Å². The maximum atomic E-state index is 12.6. The highest BCUT2D eigenvalue weighted by Gasteiger charge is 2.27. The summed E-state index contributed by atoms with van der Waals surface area (Å²) in [5, 5.41) is 18.3. The molecule has 56 heavy (non-hydrogen) atoms. The Kier molecular flexibility index (Phi) is 40.5. The molecule has 0 aromatic rings. The van der Waals surface area contributed by atoms with Crippen molar-refractivity contribution in [3.8, 4) is 0 Å². The first-order chi connectivity index (χ1) is 27.2. The van der Waals surface area contributed by atoms with Crippen LogP contribution >= 0.6 is 7.82 Å². The number of ether oxygens (including phenoxy) is 2. The van der Waals surface area contributed by atoms with Crippen molar-refractivity contribution in [2.24, 2.45) is 0 Å². The lowest BCUT2D eigenvalue weighted by Crippen LogP contribution is -2.29. The number of aliphatic hydroxyl groups is 2. The van der Waals surface area contributed by atoms with Gasteiger partial charge in [0.25, 0.3) is 0 Å². The Morgan fingerprint density at radius 3 is 1.43 bits per heavy atom. The maximum absolute atomic E-state index is 12.6. The van der Waals surface area contributed by atoms with Gasteiger partial charge in [-0.2, -0.15) is 0 Å². The standard InChI is InChI=1S/C45H85O10P/c1-3-5-7-9-11-13-15-17-19-20-21-22-23-25-26-28-30-32-34-36-44(48)52-40-43(41-54-56(50,51)53-39-42(47)38-46)55-45(49)37-35-33-31-29-27-24-18-16-14-12-10-8-6-4-2/h10,12,16,18,42-43,46-47H,3-9,11,13-15,17,19-41H2,1-2H3,(H,50,51)/b12-10-,18-16-/t42-,43+/m0/s1. The SMILES string of the molecule is CCCC/C=C\C/C=C\CCCCCCCC(=O)O[C@H](COC(=O)CCCCCCCCCCCCCCCCCCCCC)COP(=O)(O)OC[C@@H](O)CO. The second-order valence-electron chi connectivity index (χ2n) is 15.4. The van der Waals surface area contributed by atoms with Crippen molar-refractivity contribution in [2.45, 2.75) is 225 Å². The monoisotopic (exact) mass is 817 g/mol. The van der Waals surface area contributed by atoms with Crippen LogP contribution in [0.25, 0.3) is 0 Å². The van der Waals surface area contributed by atoms with E-state index in [1.54, 1.807) is 0 Å². The topological polar surface area (TPSA) is 149 Å². The summed E-state index contributed by atoms with van der Waals surface area (Å²) in [5.74, 6) is -0.932. The van der Waals surface area contributed by atoms with E-state index in [0.29, 0.717) is 12.8 Å². The highest BCUT2D eigenvalue weighted by molar-refractivity contribution is 7.47. The fourth-order valence-corrected chi connectivity index (χ4v) is 7.09. The average molecular weight is 817 g/mol. The lowest BCUT2D eigenvalue weighted by Gasteiger charge is -2.20. The number of allylic oxidation sites excluding steroid dienone is 4. The Morgan fingerprint density at radius 2 is 0.946 bits per heavy atom. The number of esters is 2. The predicted molar refractivity (Wildman–Crippen MR) is 228 cm³/mol. The molecule has 0 heterocycles. The Hall–Kier alpha value is -1.55. The minimum atomic E-state index is -4.62. The normalized spacial score (nSPS) is 14.0. The zero-order valence-corrected chi connectivity index (χ0v) is 36.8. The van der Waals surface area contributed by atoms with Crippen LogP contribution in [-0.4, -0.2) is 65.7 Å². The molecule has 0 radical (unpaired) electrons. The molecule has 0 aromatic carbocycles. The summed E-state index contributed by atoms with van der Waals surface area (Å²) in [4.78, 5) is 35.0. The molecule has 0 aromatic heterocycles. The van der Waals surface area contributed by atoms with E-state index in [1.165, 1.54) is 109 Å². The molecular weight excluding hydrogens is 731 g/mol. The van der Waals surface area contributed by atoms with Gasteiger partial charge in [0.1, 0.15) is 12.7 Å². The third kappa shape index (κ3) is 40.6. The Balaban J connectivity index is 4.22. The van der Waals surface area contributed by atoms with Crippen LogP contribution < -0.4 is 0 Å². The number of hydrogen-bond acceptors (Lipinski definition) is 9. The molecule has 0 saturated heterocycles. The molecule has 3 N–H and O–H groups in total. The molecule has 11 heteroatoms. The molecule has 330 valence electrons. The number of carbonyl (C=O) groups is 2. The van der Waals surface area contributed by atoms with Crippen LogP contribution in [0.5, 0.6) is 0 Å². The molecule has 0 spiro atoms. The molecule has 1 unspecified atom stereocenters. The Labute approximate surface area is 342 Å². The van der Waals surface area contributed by atoms with Crippen LogP contribution in [0, 0.1) is 0 Å². The molecule has 0 bridgehead atoms. The fraction of sp³-hybridized carbons (Fsp3) is 0.867. The van der Waals surface area contributed by atoms with E-state index >= 15 is 0 Å². The summed E-state index contributed by atoms with van der Waals surface area (Å²) in [5.41, 5.74) is 0. The summed E-state index contributed by atoms with van der Waals surface area (Å²) < 4.78 is 32.7. The van der Waals surface area contributed by atoms with Gasteiger partial charge < -0.3 is 24.6 Å². The van der Waals surface area contributed by atoms with Crippen molar-refractivity contribution in [1.82, 2.24) is 0 Å². The van der Waals surface area contributed by atoms with Crippen molar-refractivity contribution in [3.05, 3.63) is 24.3 Å². The number of rotatable bonds is 43. The number of carbonyl (C=O) groups excluding carboxylic acids is 2. The first-order valence-electron chi connectivity index (χ1n) is 22.8. The molecule has 0 aliphatic carbocycles. The number of hydrogen-bond donors (Lipinski definition) is 3. The highest BCUT2D eigenvalue weighted by Crippen LogP contribution is 2.43. The molecule has 0 amide bonds. The smallest absolute Gasteiger partial charge is 0.462 e.